The maximum atomic E-state index is 14.3. The molecule has 0 saturated heterocycles. The van der Waals surface area contributed by atoms with Crippen LogP contribution in [0, 0.1) is 0 Å². The Morgan fingerprint density at radius 1 is 0.912 bits per heavy atom. The third-order valence-electron chi connectivity index (χ3n) is 7.26. The van der Waals surface area contributed by atoms with Gasteiger partial charge in [-0.25, -0.2) is 4.79 Å². The van der Waals surface area contributed by atoms with Crippen molar-refractivity contribution in [1.29, 1.82) is 0 Å². The Hall–Kier alpha value is -3.54. The first-order valence-corrected chi connectivity index (χ1v) is 11.8. The minimum atomic E-state index is -0.587. The van der Waals surface area contributed by atoms with Crippen molar-refractivity contribution in [1.82, 2.24) is 15.1 Å². The average molecular weight is 453 g/mol. The van der Waals surface area contributed by atoms with Gasteiger partial charge >= 0.3 is 5.91 Å². The van der Waals surface area contributed by atoms with Gasteiger partial charge in [-0.3, -0.25) is 4.79 Å². The van der Waals surface area contributed by atoms with E-state index in [0.29, 0.717) is 6.42 Å². The first-order valence-electron chi connectivity index (χ1n) is 11.8. The van der Waals surface area contributed by atoms with Gasteiger partial charge in [-0.05, 0) is 55.1 Å². The molecule has 0 aromatic heterocycles. The number of benzene rings is 4. The Balaban J connectivity index is 1.73. The van der Waals surface area contributed by atoms with Gasteiger partial charge in [0, 0.05) is 23.1 Å². The maximum Gasteiger partial charge on any atom is 0.346 e. The summed E-state index contributed by atoms with van der Waals surface area (Å²) >= 11 is 0. The lowest BCUT2D eigenvalue weighted by Crippen LogP contribution is -2.57. The summed E-state index contributed by atoms with van der Waals surface area (Å²) in [5, 5.41) is 10.4. The average Bonchev–Trinajstić information content (AvgIpc) is 2.97. The molecule has 34 heavy (non-hydrogen) atoms. The molecule has 0 bridgehead atoms. The topological polar surface area (TPSA) is 58.2 Å². The number of nitrogens with zero attached hydrogens (tertiary/aromatic N) is 1. The number of rotatable bonds is 4. The molecule has 5 rings (SSSR count). The largest absolute Gasteiger partial charge is 0.346 e. The highest BCUT2D eigenvalue weighted by atomic mass is 16.2. The molecule has 0 aliphatic carbocycles. The van der Waals surface area contributed by atoms with Gasteiger partial charge < -0.3 is 10.6 Å². The number of fused-ring (bicyclic) bond motifs is 3. The van der Waals surface area contributed by atoms with E-state index in [9.17, 15) is 9.59 Å². The Kier molecular flexibility index (Phi) is 5.68. The van der Waals surface area contributed by atoms with E-state index in [1.54, 1.807) is 14.0 Å². The van der Waals surface area contributed by atoms with E-state index < -0.39 is 6.04 Å². The van der Waals surface area contributed by atoms with E-state index in [2.05, 4.69) is 47.0 Å². The molecule has 5 heteroatoms. The molecule has 3 atom stereocenters. The molecule has 1 heterocycles. The minimum Gasteiger partial charge on any atom is -0.339 e. The van der Waals surface area contributed by atoms with Crippen LogP contribution in [0.5, 0.6) is 0 Å². The molecule has 2 amide bonds. The number of amides is 2. The second-order valence-corrected chi connectivity index (χ2v) is 9.28. The van der Waals surface area contributed by atoms with Crippen LogP contribution in [0.3, 0.4) is 0 Å². The quantitative estimate of drug-likeness (QED) is 0.345. The molecule has 0 radical (unpaired) electrons. The highest BCUT2D eigenvalue weighted by Gasteiger charge is 2.46. The van der Waals surface area contributed by atoms with Crippen molar-refractivity contribution in [3.05, 3.63) is 84.4 Å². The number of quaternary nitrogens is 1. The molecule has 1 aliphatic heterocycles. The molecular weight excluding hydrogens is 422 g/mol. The third kappa shape index (κ3) is 3.58. The fourth-order valence-corrected chi connectivity index (χ4v) is 5.16. The normalized spacial score (nSPS) is 21.1. The second kappa shape index (κ2) is 8.67. The van der Waals surface area contributed by atoms with Crippen molar-refractivity contribution in [2.45, 2.75) is 31.8 Å². The molecule has 172 valence electrons. The van der Waals surface area contributed by atoms with Crippen molar-refractivity contribution >= 4 is 44.7 Å². The predicted molar refractivity (Wildman–Crippen MR) is 139 cm³/mol. The summed E-state index contributed by atoms with van der Waals surface area (Å²) in [5.41, 5.74) is 3.02. The summed E-state index contributed by atoms with van der Waals surface area (Å²) in [7, 11) is 3.72. The highest BCUT2D eigenvalue weighted by molar-refractivity contribution is 6.10. The standard InChI is InChI=1S/C29H29N3O2/c1-19(30-2)28(33)31-25-16-15-20-9-6-7-13-26(20)32(3,29(25)34)27-14-8-12-23-17-21-10-4-5-11-22(21)18-24(23)27/h4-14,17-19,25,30H,15-16H2,1-3H3/p+1/t19?,25-,32-/m0/s1. The molecule has 0 fully saturated rings. The van der Waals surface area contributed by atoms with Gasteiger partial charge in [0.25, 0.3) is 0 Å². The number of aryl methyl sites for hydroxylation is 1. The third-order valence-corrected chi connectivity index (χ3v) is 7.26. The van der Waals surface area contributed by atoms with E-state index in [-0.39, 0.29) is 22.3 Å². The summed E-state index contributed by atoms with van der Waals surface area (Å²) < 4.78 is 0.00470. The van der Waals surface area contributed by atoms with Crippen LogP contribution in [-0.2, 0) is 16.0 Å². The Morgan fingerprint density at radius 2 is 1.56 bits per heavy atom. The van der Waals surface area contributed by atoms with Gasteiger partial charge in [-0.15, -0.1) is 0 Å². The number of hydrogen-bond donors (Lipinski definition) is 2. The summed E-state index contributed by atoms with van der Waals surface area (Å²) in [6.07, 6.45) is 1.29. The molecule has 1 aliphatic rings. The minimum absolute atomic E-state index is 0.00470. The van der Waals surface area contributed by atoms with Crippen molar-refractivity contribution in [3.63, 3.8) is 0 Å². The van der Waals surface area contributed by atoms with Crippen molar-refractivity contribution < 1.29 is 9.59 Å². The summed E-state index contributed by atoms with van der Waals surface area (Å²) in [5.74, 6) is -0.190. The first kappa shape index (κ1) is 22.3. The van der Waals surface area contributed by atoms with Crippen LogP contribution in [0.15, 0.2) is 78.9 Å². The van der Waals surface area contributed by atoms with E-state index in [4.69, 9.17) is 0 Å². The van der Waals surface area contributed by atoms with Gasteiger partial charge in [0.05, 0.1) is 13.1 Å². The monoisotopic (exact) mass is 452 g/mol. The van der Waals surface area contributed by atoms with E-state index in [0.717, 1.165) is 39.5 Å². The Bertz CT molecular complexity index is 1410. The van der Waals surface area contributed by atoms with Crippen LogP contribution >= 0.6 is 0 Å². The number of para-hydroxylation sites is 1. The predicted octanol–water partition coefficient (Wildman–Crippen LogP) is 4.83. The molecule has 0 saturated carbocycles. The number of carbonyl (C=O) groups is 2. The number of carbonyl (C=O) groups excluding carboxylic acids is 2. The second-order valence-electron chi connectivity index (χ2n) is 9.28. The lowest BCUT2D eigenvalue weighted by atomic mass is 10.00. The van der Waals surface area contributed by atoms with Crippen molar-refractivity contribution in [2.75, 3.05) is 14.1 Å². The lowest BCUT2D eigenvalue weighted by Gasteiger charge is -2.34. The van der Waals surface area contributed by atoms with Crippen LogP contribution in [0.1, 0.15) is 18.9 Å². The zero-order valence-corrected chi connectivity index (χ0v) is 19.8. The molecule has 5 nitrogen and oxygen atoms in total. The molecule has 2 N–H and O–H groups in total. The zero-order chi connectivity index (χ0) is 23.9. The molecule has 4 aromatic rings. The van der Waals surface area contributed by atoms with E-state index in [1.807, 2.05) is 49.5 Å². The van der Waals surface area contributed by atoms with Gasteiger partial charge in [-0.2, -0.15) is 4.48 Å². The van der Waals surface area contributed by atoms with Gasteiger partial charge in [0.15, 0.2) is 5.69 Å². The fraction of sp³-hybridized carbons (Fsp3) is 0.241. The van der Waals surface area contributed by atoms with Gasteiger partial charge in [0.2, 0.25) is 5.91 Å². The van der Waals surface area contributed by atoms with E-state index in [1.165, 1.54) is 5.39 Å². The summed E-state index contributed by atoms with van der Waals surface area (Å²) in [6.45, 7) is 1.80. The molecule has 4 aromatic carbocycles. The highest BCUT2D eigenvalue weighted by Crippen LogP contribution is 2.43. The smallest absolute Gasteiger partial charge is 0.339 e. The Morgan fingerprint density at radius 3 is 2.32 bits per heavy atom. The van der Waals surface area contributed by atoms with Crippen molar-refractivity contribution in [3.8, 4) is 0 Å². The zero-order valence-electron chi connectivity index (χ0n) is 19.8. The number of hydrogen-bond acceptors (Lipinski definition) is 3. The van der Waals surface area contributed by atoms with Gasteiger partial charge in [-0.1, -0.05) is 54.6 Å². The molecule has 0 spiro atoms. The van der Waals surface area contributed by atoms with E-state index >= 15 is 0 Å². The maximum absolute atomic E-state index is 14.3. The number of likely N-dealkylation sites (N-methyl/N-ethyl adjacent to an activating group) is 2. The number of nitrogens with one attached hydrogen (secondary N) is 2. The van der Waals surface area contributed by atoms with Crippen LogP contribution < -0.4 is 15.1 Å². The van der Waals surface area contributed by atoms with Gasteiger partial charge in [0.1, 0.15) is 11.7 Å². The first-order chi connectivity index (χ1) is 16.4. The van der Waals surface area contributed by atoms with Crippen LogP contribution in [0.25, 0.3) is 21.5 Å². The fourth-order valence-electron chi connectivity index (χ4n) is 5.16. The van der Waals surface area contributed by atoms with Crippen LogP contribution in [-0.4, -0.2) is 38.0 Å². The van der Waals surface area contributed by atoms with Crippen LogP contribution in [0.4, 0.5) is 11.4 Å². The van der Waals surface area contributed by atoms with Crippen LogP contribution in [0.2, 0.25) is 0 Å². The van der Waals surface area contributed by atoms with Crippen molar-refractivity contribution in [2.24, 2.45) is 0 Å². The lowest BCUT2D eigenvalue weighted by molar-refractivity contribution is -0.133. The summed E-state index contributed by atoms with van der Waals surface area (Å²) in [6, 6.07) is 26.0. The summed E-state index contributed by atoms with van der Waals surface area (Å²) in [4.78, 5) is 27.1. The SMILES string of the molecule is CNC(C)C(=O)N[C@H]1CCc2ccccc2[N@@+](C)(c2cccc3cc4ccccc4cc23)C1=O. The molecule has 1 unspecified atom stereocenters. The molecular formula is C29H30N3O2+. The Labute approximate surface area is 200 Å².